The molecule has 0 N–H and O–H groups in total. The van der Waals surface area contributed by atoms with Crippen molar-refractivity contribution in [2.24, 2.45) is 0 Å². The maximum Gasteiger partial charge on any atom is 0.236 e. The normalized spacial score (nSPS) is 25.6. The number of hydrogen-bond acceptors (Lipinski definition) is 4. The minimum Gasteiger partial charge on any atom is -0.370 e. The molecule has 132 valence electrons. The molecule has 2 aliphatic rings. The van der Waals surface area contributed by atoms with E-state index in [4.69, 9.17) is 4.74 Å². The van der Waals surface area contributed by atoms with Gasteiger partial charge in [0.2, 0.25) is 5.91 Å². The lowest BCUT2D eigenvalue weighted by Gasteiger charge is -2.46. The van der Waals surface area contributed by atoms with E-state index in [0.717, 1.165) is 32.7 Å². The van der Waals surface area contributed by atoms with Gasteiger partial charge < -0.3 is 14.5 Å². The number of nitrogens with zero attached hydrogens (tertiary/aromatic N) is 3. The van der Waals surface area contributed by atoms with Crippen molar-refractivity contribution in [3.05, 3.63) is 35.9 Å². The second-order valence-corrected chi connectivity index (χ2v) is 7.59. The van der Waals surface area contributed by atoms with Gasteiger partial charge in [-0.15, -0.1) is 0 Å². The number of hydrogen-bond donors (Lipinski definition) is 0. The van der Waals surface area contributed by atoms with E-state index in [1.807, 2.05) is 23.1 Å². The summed E-state index contributed by atoms with van der Waals surface area (Å²) in [5.74, 6) is 0.241. The molecule has 0 spiro atoms. The maximum atomic E-state index is 12.7. The average molecular weight is 331 g/mol. The Balaban J connectivity index is 1.64. The van der Waals surface area contributed by atoms with Crippen LogP contribution in [0.2, 0.25) is 0 Å². The molecule has 3 rings (SSSR count). The first kappa shape index (κ1) is 17.4. The Morgan fingerprint density at radius 1 is 1.17 bits per heavy atom. The monoisotopic (exact) mass is 331 g/mol. The third kappa shape index (κ3) is 3.97. The molecule has 2 fully saturated rings. The SMILES string of the molecule is CN1CCN(C(=O)CN2CC(c3ccccc3)OCC2(C)C)CC1. The van der Waals surface area contributed by atoms with E-state index in [-0.39, 0.29) is 17.6 Å². The van der Waals surface area contributed by atoms with Gasteiger partial charge in [-0.1, -0.05) is 30.3 Å². The van der Waals surface area contributed by atoms with Crippen LogP contribution in [0.15, 0.2) is 30.3 Å². The van der Waals surface area contributed by atoms with Crippen LogP contribution in [0.25, 0.3) is 0 Å². The van der Waals surface area contributed by atoms with Crippen molar-refractivity contribution >= 4 is 5.91 Å². The molecule has 0 aliphatic carbocycles. The average Bonchev–Trinajstić information content (AvgIpc) is 2.58. The minimum atomic E-state index is -0.118. The van der Waals surface area contributed by atoms with Crippen molar-refractivity contribution in [3.63, 3.8) is 0 Å². The molecule has 2 saturated heterocycles. The summed E-state index contributed by atoms with van der Waals surface area (Å²) in [6.07, 6.45) is 0.0412. The summed E-state index contributed by atoms with van der Waals surface area (Å²) in [6, 6.07) is 10.3. The summed E-state index contributed by atoms with van der Waals surface area (Å²) in [5.41, 5.74) is 1.07. The Morgan fingerprint density at radius 3 is 2.50 bits per heavy atom. The van der Waals surface area contributed by atoms with E-state index < -0.39 is 0 Å². The number of rotatable bonds is 3. The van der Waals surface area contributed by atoms with Gasteiger partial charge in [0.15, 0.2) is 0 Å². The highest BCUT2D eigenvalue weighted by Gasteiger charge is 2.37. The van der Waals surface area contributed by atoms with Crippen molar-refractivity contribution in [2.45, 2.75) is 25.5 Å². The lowest BCUT2D eigenvalue weighted by Crippen LogP contribution is -2.58. The van der Waals surface area contributed by atoms with Crippen LogP contribution < -0.4 is 0 Å². The van der Waals surface area contributed by atoms with Crippen LogP contribution in [0, 0.1) is 0 Å². The van der Waals surface area contributed by atoms with Crippen LogP contribution in [0.5, 0.6) is 0 Å². The van der Waals surface area contributed by atoms with Gasteiger partial charge in [0, 0.05) is 38.3 Å². The van der Waals surface area contributed by atoms with Gasteiger partial charge in [-0.3, -0.25) is 9.69 Å². The highest BCUT2D eigenvalue weighted by Crippen LogP contribution is 2.30. The number of carbonyl (C=O) groups excluding carboxylic acids is 1. The fourth-order valence-electron chi connectivity index (χ4n) is 3.36. The van der Waals surface area contributed by atoms with E-state index >= 15 is 0 Å². The molecular weight excluding hydrogens is 302 g/mol. The summed E-state index contributed by atoms with van der Waals surface area (Å²) in [5, 5.41) is 0. The molecule has 1 aromatic rings. The molecule has 2 aliphatic heterocycles. The quantitative estimate of drug-likeness (QED) is 0.843. The topological polar surface area (TPSA) is 36.0 Å². The summed E-state index contributed by atoms with van der Waals surface area (Å²) >= 11 is 0. The first-order chi connectivity index (χ1) is 11.5. The van der Waals surface area contributed by atoms with E-state index in [1.165, 1.54) is 5.56 Å². The van der Waals surface area contributed by atoms with Gasteiger partial charge in [-0.25, -0.2) is 0 Å². The van der Waals surface area contributed by atoms with Crippen molar-refractivity contribution in [1.82, 2.24) is 14.7 Å². The zero-order chi connectivity index (χ0) is 17.2. The molecule has 0 radical (unpaired) electrons. The minimum absolute atomic E-state index is 0.0412. The van der Waals surface area contributed by atoms with Gasteiger partial charge in [0.05, 0.1) is 19.3 Å². The summed E-state index contributed by atoms with van der Waals surface area (Å²) in [4.78, 5) is 19.3. The molecule has 2 heterocycles. The number of piperazine rings is 1. The zero-order valence-corrected chi connectivity index (χ0v) is 15.1. The van der Waals surface area contributed by atoms with Gasteiger partial charge in [0.25, 0.3) is 0 Å². The molecule has 0 aromatic heterocycles. The fourth-order valence-corrected chi connectivity index (χ4v) is 3.36. The largest absolute Gasteiger partial charge is 0.370 e. The van der Waals surface area contributed by atoms with Crippen molar-refractivity contribution in [1.29, 1.82) is 0 Å². The summed E-state index contributed by atoms with van der Waals surface area (Å²) in [7, 11) is 2.11. The second-order valence-electron chi connectivity index (χ2n) is 7.59. The Kier molecular flexibility index (Phi) is 5.23. The molecule has 1 amide bonds. The molecule has 5 nitrogen and oxygen atoms in total. The van der Waals surface area contributed by atoms with Crippen LogP contribution in [0.3, 0.4) is 0 Å². The van der Waals surface area contributed by atoms with Crippen LogP contribution in [-0.2, 0) is 9.53 Å². The molecule has 1 atom stereocenters. The second kappa shape index (κ2) is 7.21. The van der Waals surface area contributed by atoms with Crippen molar-refractivity contribution in [3.8, 4) is 0 Å². The van der Waals surface area contributed by atoms with Gasteiger partial charge in [0.1, 0.15) is 0 Å². The summed E-state index contributed by atoms with van der Waals surface area (Å²) < 4.78 is 6.08. The third-order valence-corrected chi connectivity index (χ3v) is 5.23. The van der Waals surface area contributed by atoms with Crippen molar-refractivity contribution in [2.75, 3.05) is 52.9 Å². The van der Waals surface area contributed by atoms with Gasteiger partial charge in [-0.05, 0) is 26.5 Å². The molecule has 24 heavy (non-hydrogen) atoms. The standard InChI is InChI=1S/C19H29N3O2/c1-19(2)15-24-17(16-7-5-4-6-8-16)13-22(19)14-18(23)21-11-9-20(3)10-12-21/h4-8,17H,9-15H2,1-3H3. The van der Waals surface area contributed by atoms with E-state index in [1.54, 1.807) is 0 Å². The number of morpholine rings is 1. The first-order valence-corrected chi connectivity index (χ1v) is 8.84. The van der Waals surface area contributed by atoms with Crippen LogP contribution in [0.1, 0.15) is 25.5 Å². The lowest BCUT2D eigenvalue weighted by atomic mass is 9.98. The summed E-state index contributed by atoms with van der Waals surface area (Å²) in [6.45, 7) is 9.79. The number of carbonyl (C=O) groups is 1. The molecular formula is C19H29N3O2. The Hall–Kier alpha value is -1.43. The van der Waals surface area contributed by atoms with Crippen LogP contribution in [0.4, 0.5) is 0 Å². The number of likely N-dealkylation sites (N-methyl/N-ethyl adjacent to an activating group) is 1. The fraction of sp³-hybridized carbons (Fsp3) is 0.632. The van der Waals surface area contributed by atoms with E-state index in [2.05, 4.69) is 42.8 Å². The van der Waals surface area contributed by atoms with Crippen LogP contribution >= 0.6 is 0 Å². The van der Waals surface area contributed by atoms with Crippen molar-refractivity contribution < 1.29 is 9.53 Å². The molecule has 0 bridgehead atoms. The first-order valence-electron chi connectivity index (χ1n) is 8.84. The third-order valence-electron chi connectivity index (χ3n) is 5.23. The number of benzene rings is 1. The van der Waals surface area contributed by atoms with E-state index in [0.29, 0.717) is 13.2 Å². The zero-order valence-electron chi connectivity index (χ0n) is 15.1. The Bertz CT molecular complexity index is 553. The Morgan fingerprint density at radius 2 is 1.83 bits per heavy atom. The molecule has 1 aromatic carbocycles. The van der Waals surface area contributed by atoms with Gasteiger partial charge in [-0.2, -0.15) is 0 Å². The maximum absolute atomic E-state index is 12.7. The smallest absolute Gasteiger partial charge is 0.236 e. The number of ether oxygens (including phenoxy) is 1. The highest BCUT2D eigenvalue weighted by atomic mass is 16.5. The molecule has 0 saturated carbocycles. The lowest BCUT2D eigenvalue weighted by molar-refractivity contribution is -0.143. The molecule has 1 unspecified atom stereocenters. The number of amides is 1. The predicted molar refractivity (Wildman–Crippen MR) is 94.9 cm³/mol. The Labute approximate surface area is 145 Å². The van der Waals surface area contributed by atoms with Gasteiger partial charge >= 0.3 is 0 Å². The predicted octanol–water partition coefficient (Wildman–Crippen LogP) is 1.61. The van der Waals surface area contributed by atoms with Crippen LogP contribution in [-0.4, -0.2) is 79.1 Å². The highest BCUT2D eigenvalue weighted by molar-refractivity contribution is 5.78. The van der Waals surface area contributed by atoms with E-state index in [9.17, 15) is 4.79 Å². The molecule has 5 heteroatoms.